The van der Waals surface area contributed by atoms with Gasteiger partial charge in [-0.15, -0.1) is 0 Å². The molecule has 7 nitrogen and oxygen atoms in total. The highest BCUT2D eigenvalue weighted by atomic mass is 16.5. The molecule has 3 heterocycles. The van der Waals surface area contributed by atoms with E-state index in [0.717, 1.165) is 43.7 Å². The molecule has 1 aromatic rings. The molecule has 0 radical (unpaired) electrons. The lowest BCUT2D eigenvalue weighted by Gasteiger charge is -2.31. The normalized spacial score (nSPS) is 19.1. The van der Waals surface area contributed by atoms with Crippen molar-refractivity contribution in [1.82, 2.24) is 14.9 Å². The van der Waals surface area contributed by atoms with E-state index in [1.807, 2.05) is 6.92 Å². The first-order valence-electron chi connectivity index (χ1n) is 10.9. The van der Waals surface area contributed by atoms with Crippen molar-refractivity contribution in [2.45, 2.75) is 71.8 Å². The number of nitrogen functional groups attached to an aromatic ring is 1. The molecule has 1 amide bonds. The van der Waals surface area contributed by atoms with Crippen LogP contribution in [-0.2, 0) is 11.2 Å². The van der Waals surface area contributed by atoms with Crippen molar-refractivity contribution in [3.05, 3.63) is 5.56 Å². The number of ether oxygens (including phenoxy) is 1. The third kappa shape index (κ3) is 4.93. The van der Waals surface area contributed by atoms with Crippen molar-refractivity contribution < 1.29 is 9.53 Å². The summed E-state index contributed by atoms with van der Waals surface area (Å²) in [5.41, 5.74) is 6.85. The molecule has 0 spiro atoms. The SMILES string of the molecule is CCC[C@H](C)Oc1nc(N)c2c(n1)N(CCCC1CCN(CC)CC1)C(=O)C2. The van der Waals surface area contributed by atoms with Crippen molar-refractivity contribution >= 4 is 17.5 Å². The summed E-state index contributed by atoms with van der Waals surface area (Å²) < 4.78 is 5.82. The number of piperidine rings is 1. The summed E-state index contributed by atoms with van der Waals surface area (Å²) in [7, 11) is 0. The molecule has 1 fully saturated rings. The van der Waals surface area contributed by atoms with Gasteiger partial charge in [0.2, 0.25) is 5.91 Å². The van der Waals surface area contributed by atoms with Crippen LogP contribution in [0.2, 0.25) is 0 Å². The Labute approximate surface area is 168 Å². The van der Waals surface area contributed by atoms with Gasteiger partial charge in [-0.05, 0) is 64.6 Å². The molecule has 7 heteroatoms. The van der Waals surface area contributed by atoms with Gasteiger partial charge in [0, 0.05) is 12.1 Å². The zero-order valence-electron chi connectivity index (χ0n) is 17.6. The van der Waals surface area contributed by atoms with Crippen LogP contribution in [0.4, 0.5) is 11.6 Å². The summed E-state index contributed by atoms with van der Waals surface area (Å²) in [5, 5.41) is 0. The minimum Gasteiger partial charge on any atom is -0.460 e. The van der Waals surface area contributed by atoms with E-state index in [1.54, 1.807) is 4.90 Å². The molecule has 0 aliphatic carbocycles. The molecule has 1 aromatic heterocycles. The Bertz CT molecular complexity index is 673. The fourth-order valence-electron chi connectivity index (χ4n) is 4.28. The van der Waals surface area contributed by atoms with Crippen LogP contribution in [0.1, 0.15) is 64.9 Å². The number of rotatable bonds is 9. The van der Waals surface area contributed by atoms with Gasteiger partial charge in [0.25, 0.3) is 0 Å². The highest BCUT2D eigenvalue weighted by molar-refractivity contribution is 6.01. The molecule has 0 saturated carbocycles. The Hall–Kier alpha value is -1.89. The Morgan fingerprint density at radius 1 is 1.25 bits per heavy atom. The van der Waals surface area contributed by atoms with Crippen LogP contribution in [0.15, 0.2) is 0 Å². The number of fused-ring (bicyclic) bond motifs is 1. The van der Waals surface area contributed by atoms with E-state index < -0.39 is 0 Å². The molecule has 156 valence electrons. The molecule has 2 aliphatic rings. The Morgan fingerprint density at radius 2 is 2.00 bits per heavy atom. The average Bonchev–Trinajstić information content (AvgIpc) is 2.99. The zero-order chi connectivity index (χ0) is 20.1. The van der Waals surface area contributed by atoms with Crippen LogP contribution >= 0.6 is 0 Å². The summed E-state index contributed by atoms with van der Waals surface area (Å²) >= 11 is 0. The lowest BCUT2D eigenvalue weighted by Crippen LogP contribution is -2.34. The van der Waals surface area contributed by atoms with E-state index in [9.17, 15) is 4.79 Å². The van der Waals surface area contributed by atoms with Gasteiger partial charge in [-0.1, -0.05) is 20.3 Å². The first-order valence-corrected chi connectivity index (χ1v) is 10.9. The number of aromatic nitrogens is 2. The lowest BCUT2D eigenvalue weighted by atomic mass is 9.92. The van der Waals surface area contributed by atoms with Gasteiger partial charge >= 0.3 is 6.01 Å². The highest BCUT2D eigenvalue weighted by Crippen LogP contribution is 2.33. The number of carbonyl (C=O) groups is 1. The first-order chi connectivity index (χ1) is 13.5. The molecule has 2 N–H and O–H groups in total. The van der Waals surface area contributed by atoms with Crippen molar-refractivity contribution in [2.75, 3.05) is 36.8 Å². The van der Waals surface area contributed by atoms with E-state index in [1.165, 1.54) is 25.9 Å². The molecule has 1 saturated heterocycles. The largest absolute Gasteiger partial charge is 0.460 e. The highest BCUT2D eigenvalue weighted by Gasteiger charge is 2.32. The Morgan fingerprint density at radius 3 is 2.68 bits per heavy atom. The predicted molar refractivity (Wildman–Crippen MR) is 112 cm³/mol. The van der Waals surface area contributed by atoms with Gasteiger partial charge in [0.15, 0.2) is 0 Å². The van der Waals surface area contributed by atoms with Crippen LogP contribution in [0.5, 0.6) is 6.01 Å². The third-order valence-corrected chi connectivity index (χ3v) is 6.03. The van der Waals surface area contributed by atoms with E-state index in [0.29, 0.717) is 24.6 Å². The molecule has 1 atom stereocenters. The molecule has 0 unspecified atom stereocenters. The number of anilines is 2. The van der Waals surface area contributed by atoms with E-state index in [-0.39, 0.29) is 18.0 Å². The fraction of sp³-hybridized carbons (Fsp3) is 0.762. The number of hydrogen-bond acceptors (Lipinski definition) is 6. The standard InChI is InChI=1S/C21H35N5O2/c1-4-7-15(3)28-21-23-19(22)17-14-18(27)26(20(17)24-21)11-6-8-16-9-12-25(5-2)13-10-16/h15-16H,4-14H2,1-3H3,(H2,22,23,24)/t15-/m0/s1. The lowest BCUT2D eigenvalue weighted by molar-refractivity contribution is -0.117. The van der Waals surface area contributed by atoms with Crippen LogP contribution in [0, 0.1) is 5.92 Å². The van der Waals surface area contributed by atoms with Gasteiger partial charge < -0.3 is 15.4 Å². The number of carbonyl (C=O) groups excluding carboxylic acids is 1. The van der Waals surface area contributed by atoms with Gasteiger partial charge in [-0.2, -0.15) is 9.97 Å². The average molecular weight is 390 g/mol. The number of nitrogens with zero attached hydrogens (tertiary/aromatic N) is 4. The number of hydrogen-bond donors (Lipinski definition) is 1. The van der Waals surface area contributed by atoms with Crippen LogP contribution in [0.25, 0.3) is 0 Å². The smallest absolute Gasteiger partial charge is 0.320 e. The molecule has 3 rings (SSSR count). The summed E-state index contributed by atoms with van der Waals surface area (Å²) in [4.78, 5) is 25.6. The number of nitrogens with two attached hydrogens (primary N) is 1. The van der Waals surface area contributed by atoms with Crippen LogP contribution < -0.4 is 15.4 Å². The second-order valence-electron chi connectivity index (χ2n) is 8.15. The second kappa shape index (κ2) is 9.54. The minimum atomic E-state index is 0.0296. The van der Waals surface area contributed by atoms with Crippen molar-refractivity contribution in [3.63, 3.8) is 0 Å². The van der Waals surface area contributed by atoms with Crippen LogP contribution in [-0.4, -0.2) is 53.1 Å². The minimum absolute atomic E-state index is 0.0296. The molecular weight excluding hydrogens is 354 g/mol. The monoisotopic (exact) mass is 389 g/mol. The van der Waals surface area contributed by atoms with E-state index in [4.69, 9.17) is 10.5 Å². The van der Waals surface area contributed by atoms with Crippen LogP contribution in [0.3, 0.4) is 0 Å². The molecule has 2 aliphatic heterocycles. The summed E-state index contributed by atoms with van der Waals surface area (Å²) in [6.45, 7) is 10.6. The maximum Gasteiger partial charge on any atom is 0.320 e. The Balaban J connectivity index is 1.59. The van der Waals surface area contributed by atoms with Crippen molar-refractivity contribution in [3.8, 4) is 6.01 Å². The zero-order valence-corrected chi connectivity index (χ0v) is 17.6. The summed E-state index contributed by atoms with van der Waals surface area (Å²) in [5.74, 6) is 1.85. The second-order valence-corrected chi connectivity index (χ2v) is 8.15. The quantitative estimate of drug-likeness (QED) is 0.699. The van der Waals surface area contributed by atoms with E-state index >= 15 is 0 Å². The third-order valence-electron chi connectivity index (χ3n) is 6.03. The first kappa shape index (κ1) is 20.8. The fourth-order valence-corrected chi connectivity index (χ4v) is 4.28. The summed E-state index contributed by atoms with van der Waals surface area (Å²) in [6.07, 6.45) is 6.97. The maximum atomic E-state index is 12.5. The summed E-state index contributed by atoms with van der Waals surface area (Å²) in [6, 6.07) is 0.281. The molecule has 0 aromatic carbocycles. The van der Waals surface area contributed by atoms with Crippen molar-refractivity contribution in [2.24, 2.45) is 5.92 Å². The molecular formula is C21H35N5O2. The van der Waals surface area contributed by atoms with Gasteiger partial charge in [-0.3, -0.25) is 9.69 Å². The molecule has 28 heavy (non-hydrogen) atoms. The van der Waals surface area contributed by atoms with Gasteiger partial charge in [0.1, 0.15) is 11.6 Å². The topological polar surface area (TPSA) is 84.6 Å². The maximum absolute atomic E-state index is 12.5. The van der Waals surface area contributed by atoms with Gasteiger partial charge in [0.05, 0.1) is 12.5 Å². The van der Waals surface area contributed by atoms with Crippen molar-refractivity contribution in [1.29, 1.82) is 0 Å². The number of likely N-dealkylation sites (tertiary alicyclic amines) is 1. The van der Waals surface area contributed by atoms with E-state index in [2.05, 4.69) is 28.7 Å². The molecule has 0 bridgehead atoms. The van der Waals surface area contributed by atoms with Gasteiger partial charge in [-0.25, -0.2) is 0 Å². The predicted octanol–water partition coefficient (Wildman–Crippen LogP) is 3.03. The number of amides is 1. The Kier molecular flexibility index (Phi) is 7.10.